The molecule has 4 nitrogen and oxygen atoms in total. The molecule has 0 spiro atoms. The van der Waals surface area contributed by atoms with Crippen molar-refractivity contribution in [2.45, 2.75) is 6.92 Å². The zero-order chi connectivity index (χ0) is 13.8. The van der Waals surface area contributed by atoms with Gasteiger partial charge < -0.3 is 10.6 Å². The summed E-state index contributed by atoms with van der Waals surface area (Å²) in [4.78, 5) is 16.1. The van der Waals surface area contributed by atoms with Crippen molar-refractivity contribution >= 4 is 29.0 Å². The highest BCUT2D eigenvalue weighted by Crippen LogP contribution is 2.20. The Bertz CT molecular complexity index is 596. The number of amides is 1. The zero-order valence-electron chi connectivity index (χ0n) is 10.7. The molecule has 98 valence electrons. The van der Waals surface area contributed by atoms with Crippen molar-refractivity contribution in [3.05, 3.63) is 52.7 Å². The van der Waals surface area contributed by atoms with E-state index in [1.807, 2.05) is 19.1 Å². The molecule has 2 aromatic rings. The van der Waals surface area contributed by atoms with E-state index in [2.05, 4.69) is 15.6 Å². The van der Waals surface area contributed by atoms with Crippen LogP contribution in [0.4, 0.5) is 11.5 Å². The Balaban J connectivity index is 2.13. The highest BCUT2D eigenvalue weighted by Gasteiger charge is 2.07. The Hall–Kier alpha value is -2.07. The van der Waals surface area contributed by atoms with Crippen LogP contribution in [0.2, 0.25) is 5.02 Å². The maximum absolute atomic E-state index is 12.0. The number of hydrogen-bond acceptors (Lipinski definition) is 3. The first kappa shape index (κ1) is 13.4. The van der Waals surface area contributed by atoms with Gasteiger partial charge in [0, 0.05) is 24.0 Å². The first-order valence-corrected chi connectivity index (χ1v) is 6.19. The number of aromatic nitrogens is 1. The van der Waals surface area contributed by atoms with E-state index in [4.69, 9.17) is 11.6 Å². The number of hydrogen-bond donors (Lipinski definition) is 2. The van der Waals surface area contributed by atoms with Crippen LogP contribution >= 0.6 is 11.6 Å². The Morgan fingerprint density at radius 1 is 1.26 bits per heavy atom. The van der Waals surface area contributed by atoms with Gasteiger partial charge in [-0.25, -0.2) is 4.98 Å². The molecule has 0 saturated carbocycles. The number of pyridine rings is 1. The fourth-order valence-corrected chi connectivity index (χ4v) is 1.73. The summed E-state index contributed by atoms with van der Waals surface area (Å²) in [6.07, 6.45) is 1.52. The first-order chi connectivity index (χ1) is 9.10. The van der Waals surface area contributed by atoms with Crippen molar-refractivity contribution in [3.63, 3.8) is 0 Å². The van der Waals surface area contributed by atoms with Gasteiger partial charge in [-0.1, -0.05) is 17.7 Å². The van der Waals surface area contributed by atoms with Gasteiger partial charge in [0.05, 0.1) is 5.56 Å². The third-order valence-corrected chi connectivity index (χ3v) is 3.12. The second-order valence-electron chi connectivity index (χ2n) is 4.10. The molecule has 0 unspecified atom stereocenters. The summed E-state index contributed by atoms with van der Waals surface area (Å²) in [6.45, 7) is 1.91. The van der Waals surface area contributed by atoms with Crippen molar-refractivity contribution in [1.29, 1.82) is 0 Å². The lowest BCUT2D eigenvalue weighted by molar-refractivity contribution is 0.102. The summed E-state index contributed by atoms with van der Waals surface area (Å²) in [5.41, 5.74) is 2.13. The molecule has 0 aliphatic carbocycles. The van der Waals surface area contributed by atoms with E-state index in [1.165, 1.54) is 6.20 Å². The second kappa shape index (κ2) is 5.71. The average molecular weight is 276 g/mol. The monoisotopic (exact) mass is 275 g/mol. The molecule has 2 rings (SSSR count). The van der Waals surface area contributed by atoms with Crippen LogP contribution in [0.1, 0.15) is 15.9 Å². The number of carbonyl (C=O) groups is 1. The molecule has 0 aliphatic rings. The Labute approximate surface area is 116 Å². The average Bonchev–Trinajstić information content (AvgIpc) is 2.43. The summed E-state index contributed by atoms with van der Waals surface area (Å²) in [5, 5.41) is 6.30. The summed E-state index contributed by atoms with van der Waals surface area (Å²) in [6, 6.07) is 8.86. The van der Waals surface area contributed by atoms with Gasteiger partial charge in [-0.3, -0.25) is 4.79 Å². The molecule has 5 heteroatoms. The minimum Gasteiger partial charge on any atom is -0.373 e. The van der Waals surface area contributed by atoms with E-state index < -0.39 is 0 Å². The van der Waals surface area contributed by atoms with Crippen LogP contribution in [-0.4, -0.2) is 17.9 Å². The topological polar surface area (TPSA) is 54.0 Å². The number of nitrogens with zero attached hydrogens (tertiary/aromatic N) is 1. The summed E-state index contributed by atoms with van der Waals surface area (Å²) in [7, 11) is 1.77. The maximum Gasteiger partial charge on any atom is 0.257 e. The van der Waals surface area contributed by atoms with E-state index >= 15 is 0 Å². The number of rotatable bonds is 3. The molecular formula is C14H14ClN3O. The van der Waals surface area contributed by atoms with E-state index in [0.717, 1.165) is 11.4 Å². The lowest BCUT2D eigenvalue weighted by Gasteiger charge is -2.07. The molecule has 1 aromatic heterocycles. The van der Waals surface area contributed by atoms with Gasteiger partial charge >= 0.3 is 0 Å². The standard InChI is InChI=1S/C14H14ClN3O/c1-9-3-5-11(7-12(9)15)18-14(19)10-4-6-13(16-2)17-8-10/h3-8H,1-2H3,(H,16,17)(H,18,19). The fraction of sp³-hybridized carbons (Fsp3) is 0.143. The van der Waals surface area contributed by atoms with Gasteiger partial charge in [0.25, 0.3) is 5.91 Å². The summed E-state index contributed by atoms with van der Waals surface area (Å²) in [5.74, 6) is 0.505. The number of benzene rings is 1. The minimum absolute atomic E-state index is 0.213. The highest BCUT2D eigenvalue weighted by atomic mass is 35.5. The van der Waals surface area contributed by atoms with Crippen LogP contribution in [0.5, 0.6) is 0 Å². The molecule has 1 amide bonds. The third kappa shape index (κ3) is 3.23. The van der Waals surface area contributed by atoms with Crippen molar-refractivity contribution in [2.75, 3.05) is 17.7 Å². The van der Waals surface area contributed by atoms with Crippen molar-refractivity contribution < 1.29 is 4.79 Å². The van der Waals surface area contributed by atoms with E-state index in [0.29, 0.717) is 16.3 Å². The fourth-order valence-electron chi connectivity index (χ4n) is 1.55. The normalized spacial score (nSPS) is 10.1. The molecule has 0 fully saturated rings. The summed E-state index contributed by atoms with van der Waals surface area (Å²) >= 11 is 6.01. The van der Waals surface area contributed by atoms with Gasteiger partial charge in [0.2, 0.25) is 0 Å². The predicted molar refractivity (Wildman–Crippen MR) is 77.9 cm³/mol. The predicted octanol–water partition coefficient (Wildman–Crippen LogP) is 3.34. The van der Waals surface area contributed by atoms with E-state index in [1.54, 1.807) is 25.2 Å². The molecule has 0 bridgehead atoms. The number of anilines is 2. The molecule has 0 atom stereocenters. The van der Waals surface area contributed by atoms with E-state index in [-0.39, 0.29) is 5.91 Å². The minimum atomic E-state index is -0.213. The van der Waals surface area contributed by atoms with Gasteiger partial charge in [0.1, 0.15) is 5.82 Å². The number of halogens is 1. The number of nitrogens with one attached hydrogen (secondary N) is 2. The SMILES string of the molecule is CNc1ccc(C(=O)Nc2ccc(C)c(Cl)c2)cn1. The third-order valence-electron chi connectivity index (χ3n) is 2.71. The Kier molecular flexibility index (Phi) is 4.02. The van der Waals surface area contributed by atoms with Gasteiger partial charge in [-0.2, -0.15) is 0 Å². The van der Waals surface area contributed by atoms with Gasteiger partial charge in [0.15, 0.2) is 0 Å². The number of aryl methyl sites for hydroxylation is 1. The summed E-state index contributed by atoms with van der Waals surface area (Å²) < 4.78 is 0. The van der Waals surface area contributed by atoms with Crippen molar-refractivity contribution in [2.24, 2.45) is 0 Å². The van der Waals surface area contributed by atoms with Crippen LogP contribution in [-0.2, 0) is 0 Å². The van der Waals surface area contributed by atoms with Crippen molar-refractivity contribution in [3.8, 4) is 0 Å². The maximum atomic E-state index is 12.0. The molecule has 19 heavy (non-hydrogen) atoms. The lowest BCUT2D eigenvalue weighted by Crippen LogP contribution is -2.12. The lowest BCUT2D eigenvalue weighted by atomic mass is 10.2. The van der Waals surface area contributed by atoms with E-state index in [9.17, 15) is 4.79 Å². The van der Waals surface area contributed by atoms with Crippen molar-refractivity contribution in [1.82, 2.24) is 4.98 Å². The van der Waals surface area contributed by atoms with Crippen LogP contribution in [0, 0.1) is 6.92 Å². The second-order valence-corrected chi connectivity index (χ2v) is 4.51. The smallest absolute Gasteiger partial charge is 0.257 e. The molecule has 0 aliphatic heterocycles. The molecular weight excluding hydrogens is 262 g/mol. The molecule has 0 radical (unpaired) electrons. The molecule has 1 heterocycles. The number of carbonyl (C=O) groups excluding carboxylic acids is 1. The molecule has 0 saturated heterocycles. The zero-order valence-corrected chi connectivity index (χ0v) is 11.5. The van der Waals surface area contributed by atoms with Gasteiger partial charge in [-0.05, 0) is 36.8 Å². The largest absolute Gasteiger partial charge is 0.373 e. The Morgan fingerprint density at radius 2 is 2.05 bits per heavy atom. The van der Waals surface area contributed by atoms with Crippen LogP contribution < -0.4 is 10.6 Å². The Morgan fingerprint density at radius 3 is 2.63 bits per heavy atom. The quantitative estimate of drug-likeness (QED) is 0.903. The van der Waals surface area contributed by atoms with Gasteiger partial charge in [-0.15, -0.1) is 0 Å². The van der Waals surface area contributed by atoms with Crippen LogP contribution in [0.3, 0.4) is 0 Å². The first-order valence-electron chi connectivity index (χ1n) is 5.81. The van der Waals surface area contributed by atoms with Crippen LogP contribution in [0.25, 0.3) is 0 Å². The molecule has 2 N–H and O–H groups in total. The molecule has 1 aromatic carbocycles. The van der Waals surface area contributed by atoms with Crippen LogP contribution in [0.15, 0.2) is 36.5 Å². The highest BCUT2D eigenvalue weighted by molar-refractivity contribution is 6.31.